The van der Waals surface area contributed by atoms with Gasteiger partial charge in [-0.15, -0.1) is 11.8 Å². The van der Waals surface area contributed by atoms with Crippen LogP contribution < -0.4 is 4.90 Å². The van der Waals surface area contributed by atoms with Gasteiger partial charge in [-0.25, -0.2) is 9.97 Å². The minimum atomic E-state index is 0.948. The number of anilines is 1. The summed E-state index contributed by atoms with van der Waals surface area (Å²) in [5.74, 6) is 0.948. The molecule has 4 heteroatoms. The van der Waals surface area contributed by atoms with Crippen molar-refractivity contribution in [1.29, 1.82) is 0 Å². The maximum absolute atomic E-state index is 4.09. The van der Waals surface area contributed by atoms with E-state index in [1.165, 1.54) is 0 Å². The lowest BCUT2D eigenvalue weighted by Crippen LogP contribution is -2.10. The van der Waals surface area contributed by atoms with Crippen LogP contribution in [0, 0.1) is 0 Å². The third-order valence-electron chi connectivity index (χ3n) is 1.29. The van der Waals surface area contributed by atoms with E-state index in [2.05, 4.69) is 9.97 Å². The van der Waals surface area contributed by atoms with Gasteiger partial charge < -0.3 is 4.90 Å². The molecule has 0 unspecified atom stereocenters. The lowest BCUT2D eigenvalue weighted by molar-refractivity contribution is 0.986. The number of aromatic nitrogens is 2. The molecule has 0 spiro atoms. The van der Waals surface area contributed by atoms with Gasteiger partial charge in [-0.3, -0.25) is 0 Å². The molecular weight excluding hydrogens is 158 g/mol. The molecule has 0 saturated heterocycles. The number of thioether (sulfide) groups is 1. The summed E-state index contributed by atoms with van der Waals surface area (Å²) < 4.78 is 0. The first-order chi connectivity index (χ1) is 5.24. The summed E-state index contributed by atoms with van der Waals surface area (Å²) in [6, 6.07) is 1.96. The Morgan fingerprint density at radius 3 is 2.64 bits per heavy atom. The van der Waals surface area contributed by atoms with Gasteiger partial charge in [0.1, 0.15) is 17.2 Å². The average molecular weight is 169 g/mol. The molecule has 1 aromatic heterocycles. The predicted octanol–water partition coefficient (Wildman–Crippen LogP) is 1.26. The van der Waals surface area contributed by atoms with Crippen molar-refractivity contribution >= 4 is 17.6 Å². The van der Waals surface area contributed by atoms with Gasteiger partial charge in [0.15, 0.2) is 0 Å². The summed E-state index contributed by atoms with van der Waals surface area (Å²) >= 11 is 1.62. The predicted molar refractivity (Wildman–Crippen MR) is 48.1 cm³/mol. The number of hydrogen-bond donors (Lipinski definition) is 0. The highest BCUT2D eigenvalue weighted by atomic mass is 32.2. The molecular formula is C7H11N3S. The van der Waals surface area contributed by atoms with Crippen LogP contribution >= 0.6 is 11.8 Å². The molecule has 0 aromatic carbocycles. The van der Waals surface area contributed by atoms with E-state index in [1.807, 2.05) is 31.3 Å². The standard InChI is InChI=1S/C7H11N3S/c1-10(2)6-4-7(11-3)9-5-8-6/h4-5H,1-3H3. The minimum Gasteiger partial charge on any atom is -0.363 e. The Bertz CT molecular complexity index is 237. The van der Waals surface area contributed by atoms with Crippen molar-refractivity contribution < 1.29 is 0 Å². The van der Waals surface area contributed by atoms with Gasteiger partial charge >= 0.3 is 0 Å². The molecule has 0 fully saturated rings. The molecule has 11 heavy (non-hydrogen) atoms. The van der Waals surface area contributed by atoms with Crippen LogP contribution in [-0.2, 0) is 0 Å². The van der Waals surface area contributed by atoms with Crippen LogP contribution in [0.15, 0.2) is 17.4 Å². The molecule has 0 saturated carbocycles. The van der Waals surface area contributed by atoms with Crippen molar-refractivity contribution in [3.05, 3.63) is 12.4 Å². The molecule has 1 aromatic rings. The maximum Gasteiger partial charge on any atom is 0.132 e. The summed E-state index contributed by atoms with van der Waals surface area (Å²) in [4.78, 5) is 10.1. The highest BCUT2D eigenvalue weighted by Crippen LogP contribution is 2.14. The van der Waals surface area contributed by atoms with E-state index in [0.717, 1.165) is 10.8 Å². The normalized spacial score (nSPS) is 9.73. The van der Waals surface area contributed by atoms with Crippen LogP contribution in [0.2, 0.25) is 0 Å². The van der Waals surface area contributed by atoms with E-state index in [0.29, 0.717) is 0 Å². The molecule has 0 aliphatic carbocycles. The highest BCUT2D eigenvalue weighted by Gasteiger charge is 1.97. The molecule has 1 rings (SSSR count). The molecule has 0 bridgehead atoms. The Morgan fingerprint density at radius 1 is 1.36 bits per heavy atom. The van der Waals surface area contributed by atoms with E-state index >= 15 is 0 Å². The van der Waals surface area contributed by atoms with Crippen LogP contribution in [0.25, 0.3) is 0 Å². The first-order valence-corrected chi connectivity index (χ1v) is 4.50. The van der Waals surface area contributed by atoms with E-state index < -0.39 is 0 Å². The molecule has 3 nitrogen and oxygen atoms in total. The topological polar surface area (TPSA) is 29.0 Å². The van der Waals surface area contributed by atoms with E-state index in [-0.39, 0.29) is 0 Å². The minimum absolute atomic E-state index is 0.948. The average Bonchev–Trinajstić information content (AvgIpc) is 2.05. The van der Waals surface area contributed by atoms with E-state index in [4.69, 9.17) is 0 Å². The molecule has 0 N–H and O–H groups in total. The van der Waals surface area contributed by atoms with Crippen LogP contribution in [0.4, 0.5) is 5.82 Å². The molecule has 0 atom stereocenters. The Hall–Kier alpha value is -0.770. The molecule has 60 valence electrons. The number of rotatable bonds is 2. The molecule has 0 amide bonds. The van der Waals surface area contributed by atoms with Gasteiger partial charge in [0, 0.05) is 20.2 Å². The Balaban J connectivity index is 2.91. The Labute approximate surface area is 70.8 Å². The first-order valence-electron chi connectivity index (χ1n) is 3.27. The number of hydrogen-bond acceptors (Lipinski definition) is 4. The monoisotopic (exact) mass is 169 g/mol. The van der Waals surface area contributed by atoms with Gasteiger partial charge in [-0.2, -0.15) is 0 Å². The quantitative estimate of drug-likeness (QED) is 0.492. The molecule has 0 aliphatic heterocycles. The zero-order chi connectivity index (χ0) is 8.27. The Kier molecular flexibility index (Phi) is 2.70. The summed E-state index contributed by atoms with van der Waals surface area (Å²) in [6.07, 6.45) is 3.59. The second-order valence-electron chi connectivity index (χ2n) is 2.31. The van der Waals surface area contributed by atoms with Crippen molar-refractivity contribution in [1.82, 2.24) is 9.97 Å². The van der Waals surface area contributed by atoms with Crippen molar-refractivity contribution in [2.75, 3.05) is 25.3 Å². The second kappa shape index (κ2) is 3.57. The highest BCUT2D eigenvalue weighted by molar-refractivity contribution is 7.98. The lowest BCUT2D eigenvalue weighted by atomic mass is 10.5. The molecule has 0 aliphatic rings. The number of nitrogens with zero attached hydrogens (tertiary/aromatic N) is 3. The van der Waals surface area contributed by atoms with Crippen LogP contribution in [0.1, 0.15) is 0 Å². The maximum atomic E-state index is 4.09. The van der Waals surface area contributed by atoms with E-state index in [1.54, 1.807) is 18.1 Å². The van der Waals surface area contributed by atoms with Gasteiger partial charge in [0.2, 0.25) is 0 Å². The van der Waals surface area contributed by atoms with E-state index in [9.17, 15) is 0 Å². The van der Waals surface area contributed by atoms with Gasteiger partial charge in [0.25, 0.3) is 0 Å². The van der Waals surface area contributed by atoms with Crippen molar-refractivity contribution in [3.8, 4) is 0 Å². The molecule has 1 heterocycles. The summed E-state index contributed by atoms with van der Waals surface area (Å²) in [5.41, 5.74) is 0. The smallest absolute Gasteiger partial charge is 0.132 e. The van der Waals surface area contributed by atoms with Gasteiger partial charge in [-0.05, 0) is 6.26 Å². The second-order valence-corrected chi connectivity index (χ2v) is 3.14. The third-order valence-corrected chi connectivity index (χ3v) is 1.94. The van der Waals surface area contributed by atoms with Gasteiger partial charge in [0.05, 0.1) is 0 Å². The largest absolute Gasteiger partial charge is 0.363 e. The third kappa shape index (κ3) is 2.08. The van der Waals surface area contributed by atoms with Crippen LogP contribution in [0.3, 0.4) is 0 Å². The summed E-state index contributed by atoms with van der Waals surface area (Å²) in [7, 11) is 3.93. The first kappa shape index (κ1) is 8.33. The summed E-state index contributed by atoms with van der Waals surface area (Å²) in [6.45, 7) is 0. The fraction of sp³-hybridized carbons (Fsp3) is 0.429. The van der Waals surface area contributed by atoms with Crippen LogP contribution in [-0.4, -0.2) is 30.3 Å². The van der Waals surface area contributed by atoms with Gasteiger partial charge in [-0.1, -0.05) is 0 Å². The Morgan fingerprint density at radius 2 is 2.09 bits per heavy atom. The van der Waals surface area contributed by atoms with Crippen molar-refractivity contribution in [2.24, 2.45) is 0 Å². The lowest BCUT2D eigenvalue weighted by Gasteiger charge is -2.10. The fourth-order valence-electron chi connectivity index (χ4n) is 0.686. The zero-order valence-electron chi connectivity index (χ0n) is 6.90. The van der Waals surface area contributed by atoms with Crippen LogP contribution in [0.5, 0.6) is 0 Å². The molecule has 0 radical (unpaired) electrons. The SMILES string of the molecule is CSc1cc(N(C)C)ncn1. The van der Waals surface area contributed by atoms with Crippen molar-refractivity contribution in [3.63, 3.8) is 0 Å². The zero-order valence-corrected chi connectivity index (χ0v) is 7.72. The fourth-order valence-corrected chi connectivity index (χ4v) is 1.06. The van der Waals surface area contributed by atoms with Crippen molar-refractivity contribution in [2.45, 2.75) is 5.03 Å². The summed E-state index contributed by atoms with van der Waals surface area (Å²) in [5, 5.41) is 1.00.